The molecule has 2 rings (SSSR count). The smallest absolute Gasteiger partial charge is 0.137 e. The number of alkyl halides is 1. The van der Waals surface area contributed by atoms with Gasteiger partial charge in [-0.3, -0.25) is 0 Å². The SMILES string of the molecule is Cc1ccc(C)c(C(Br)c2cc(F)c(Br)cc2F)c1. The monoisotopic (exact) mass is 388 g/mol. The van der Waals surface area contributed by atoms with Gasteiger partial charge in [0.05, 0.1) is 9.30 Å². The number of benzene rings is 2. The summed E-state index contributed by atoms with van der Waals surface area (Å²) in [6, 6.07) is 8.34. The van der Waals surface area contributed by atoms with E-state index in [1.54, 1.807) is 0 Å². The largest absolute Gasteiger partial charge is 0.207 e. The lowest BCUT2D eigenvalue weighted by Crippen LogP contribution is -2.01. The molecular formula is C15H12Br2F2. The average molecular weight is 390 g/mol. The Labute approximate surface area is 128 Å². The molecule has 0 aliphatic heterocycles. The molecule has 19 heavy (non-hydrogen) atoms. The highest BCUT2D eigenvalue weighted by atomic mass is 79.9. The number of rotatable bonds is 2. The topological polar surface area (TPSA) is 0 Å². The van der Waals surface area contributed by atoms with E-state index in [2.05, 4.69) is 31.9 Å². The summed E-state index contributed by atoms with van der Waals surface area (Å²) in [5, 5.41) is 0. The fourth-order valence-corrected chi connectivity index (χ4v) is 3.09. The molecule has 0 bridgehead atoms. The predicted molar refractivity (Wildman–Crippen MR) is 80.7 cm³/mol. The van der Waals surface area contributed by atoms with Gasteiger partial charge in [0.1, 0.15) is 11.6 Å². The van der Waals surface area contributed by atoms with Crippen LogP contribution in [0.4, 0.5) is 8.78 Å². The second-order valence-electron chi connectivity index (χ2n) is 4.51. The summed E-state index contributed by atoms with van der Waals surface area (Å²) in [6.45, 7) is 3.93. The summed E-state index contributed by atoms with van der Waals surface area (Å²) in [6.07, 6.45) is 0. The first-order chi connectivity index (χ1) is 8.90. The van der Waals surface area contributed by atoms with Gasteiger partial charge >= 0.3 is 0 Å². The maximum absolute atomic E-state index is 14.0. The summed E-state index contributed by atoms with van der Waals surface area (Å²) >= 11 is 6.45. The summed E-state index contributed by atoms with van der Waals surface area (Å²) in [5.41, 5.74) is 3.37. The zero-order valence-electron chi connectivity index (χ0n) is 10.5. The van der Waals surface area contributed by atoms with Crippen LogP contribution < -0.4 is 0 Å². The highest BCUT2D eigenvalue weighted by Crippen LogP contribution is 2.36. The van der Waals surface area contributed by atoms with Crippen LogP contribution in [0.3, 0.4) is 0 Å². The molecule has 0 aliphatic rings. The van der Waals surface area contributed by atoms with Crippen LogP contribution in [-0.2, 0) is 0 Å². The molecule has 1 unspecified atom stereocenters. The van der Waals surface area contributed by atoms with Gasteiger partial charge in [0, 0.05) is 5.56 Å². The zero-order chi connectivity index (χ0) is 14.2. The summed E-state index contributed by atoms with van der Waals surface area (Å²) in [7, 11) is 0. The van der Waals surface area contributed by atoms with E-state index in [1.807, 2.05) is 32.0 Å². The molecule has 0 spiro atoms. The van der Waals surface area contributed by atoms with Crippen LogP contribution in [0, 0.1) is 25.5 Å². The van der Waals surface area contributed by atoms with Crippen LogP contribution in [0.15, 0.2) is 34.8 Å². The molecule has 0 saturated carbocycles. The third-order valence-corrected chi connectivity index (χ3v) is 4.61. The van der Waals surface area contributed by atoms with Crippen molar-refractivity contribution in [2.45, 2.75) is 18.7 Å². The van der Waals surface area contributed by atoms with Crippen LogP contribution in [0.25, 0.3) is 0 Å². The fraction of sp³-hybridized carbons (Fsp3) is 0.200. The lowest BCUT2D eigenvalue weighted by atomic mass is 9.98. The first-order valence-corrected chi connectivity index (χ1v) is 7.46. The molecule has 0 N–H and O–H groups in total. The summed E-state index contributed by atoms with van der Waals surface area (Å²) < 4.78 is 27.7. The van der Waals surface area contributed by atoms with Crippen molar-refractivity contribution in [3.63, 3.8) is 0 Å². The third-order valence-electron chi connectivity index (χ3n) is 3.02. The molecule has 0 nitrogen and oxygen atoms in total. The van der Waals surface area contributed by atoms with Gasteiger partial charge in [-0.15, -0.1) is 0 Å². The maximum Gasteiger partial charge on any atom is 0.137 e. The second-order valence-corrected chi connectivity index (χ2v) is 6.28. The van der Waals surface area contributed by atoms with E-state index in [0.717, 1.165) is 22.8 Å². The highest BCUT2D eigenvalue weighted by molar-refractivity contribution is 9.10. The van der Waals surface area contributed by atoms with Crippen LogP contribution in [0.5, 0.6) is 0 Å². The van der Waals surface area contributed by atoms with Crippen molar-refractivity contribution in [2.24, 2.45) is 0 Å². The summed E-state index contributed by atoms with van der Waals surface area (Å²) in [5.74, 6) is -0.901. The van der Waals surface area contributed by atoms with Crippen molar-refractivity contribution in [1.29, 1.82) is 0 Å². The number of hydrogen-bond acceptors (Lipinski definition) is 0. The van der Waals surface area contributed by atoms with Gasteiger partial charge in [-0.05, 0) is 53.0 Å². The molecule has 2 aromatic rings. The minimum Gasteiger partial charge on any atom is -0.207 e. The van der Waals surface area contributed by atoms with Crippen LogP contribution >= 0.6 is 31.9 Å². The van der Waals surface area contributed by atoms with Crippen molar-refractivity contribution in [3.8, 4) is 0 Å². The Kier molecular flexibility index (Phi) is 4.41. The van der Waals surface area contributed by atoms with Gasteiger partial charge in [0.25, 0.3) is 0 Å². The zero-order valence-corrected chi connectivity index (χ0v) is 13.6. The summed E-state index contributed by atoms with van der Waals surface area (Å²) in [4.78, 5) is -0.366. The maximum atomic E-state index is 14.0. The van der Waals surface area contributed by atoms with E-state index < -0.39 is 11.6 Å². The molecule has 1 atom stereocenters. The van der Waals surface area contributed by atoms with Gasteiger partial charge in [-0.1, -0.05) is 39.7 Å². The van der Waals surface area contributed by atoms with Crippen LogP contribution in [0.2, 0.25) is 0 Å². The number of hydrogen-bond donors (Lipinski definition) is 0. The molecule has 0 radical (unpaired) electrons. The van der Waals surface area contributed by atoms with Gasteiger partial charge in [0.15, 0.2) is 0 Å². The van der Waals surface area contributed by atoms with Crippen molar-refractivity contribution >= 4 is 31.9 Å². The standard InChI is InChI=1S/C15H12Br2F2/c1-8-3-4-9(2)10(5-8)15(17)11-6-14(19)12(16)7-13(11)18/h3-7,15H,1-2H3. The minimum atomic E-state index is -0.467. The predicted octanol–water partition coefficient (Wildman–Crippen LogP) is 5.83. The molecule has 100 valence electrons. The first-order valence-electron chi connectivity index (χ1n) is 5.76. The van der Waals surface area contributed by atoms with Crippen LogP contribution in [0.1, 0.15) is 27.1 Å². The molecular weight excluding hydrogens is 378 g/mol. The molecule has 0 aromatic heterocycles. The van der Waals surface area contributed by atoms with E-state index in [9.17, 15) is 8.78 Å². The van der Waals surface area contributed by atoms with Crippen molar-refractivity contribution < 1.29 is 8.78 Å². The fourth-order valence-electron chi connectivity index (χ4n) is 1.93. The molecule has 0 heterocycles. The van der Waals surface area contributed by atoms with Crippen molar-refractivity contribution in [2.75, 3.05) is 0 Å². The number of aryl methyl sites for hydroxylation is 2. The van der Waals surface area contributed by atoms with Gasteiger partial charge in [-0.25, -0.2) is 8.78 Å². The van der Waals surface area contributed by atoms with Gasteiger partial charge in [0.2, 0.25) is 0 Å². The molecule has 0 saturated heterocycles. The van der Waals surface area contributed by atoms with Crippen LogP contribution in [-0.4, -0.2) is 0 Å². The van der Waals surface area contributed by atoms with Crippen molar-refractivity contribution in [3.05, 3.63) is 68.7 Å². The Hall–Kier alpha value is -0.740. The normalized spacial score (nSPS) is 12.5. The minimum absolute atomic E-state index is 0.134. The van der Waals surface area contributed by atoms with E-state index in [-0.39, 0.29) is 9.30 Å². The Bertz CT molecular complexity index is 624. The molecule has 0 fully saturated rings. The van der Waals surface area contributed by atoms with E-state index in [0.29, 0.717) is 5.56 Å². The van der Waals surface area contributed by atoms with E-state index >= 15 is 0 Å². The Morgan fingerprint density at radius 2 is 1.63 bits per heavy atom. The van der Waals surface area contributed by atoms with Crippen molar-refractivity contribution in [1.82, 2.24) is 0 Å². The Morgan fingerprint density at radius 3 is 2.32 bits per heavy atom. The quantitative estimate of drug-likeness (QED) is 0.447. The number of halogens is 4. The lowest BCUT2D eigenvalue weighted by molar-refractivity contribution is 0.583. The highest BCUT2D eigenvalue weighted by Gasteiger charge is 2.19. The average Bonchev–Trinajstić information content (AvgIpc) is 2.36. The first kappa shape index (κ1) is 14.7. The molecule has 4 heteroatoms. The molecule has 2 aromatic carbocycles. The molecule has 0 aliphatic carbocycles. The molecule has 0 amide bonds. The lowest BCUT2D eigenvalue weighted by Gasteiger charge is -2.15. The van der Waals surface area contributed by atoms with E-state index in [1.165, 1.54) is 6.07 Å². The van der Waals surface area contributed by atoms with Gasteiger partial charge in [-0.2, -0.15) is 0 Å². The Morgan fingerprint density at radius 1 is 0.947 bits per heavy atom. The second kappa shape index (κ2) is 5.71. The Balaban J connectivity index is 2.52. The van der Waals surface area contributed by atoms with Gasteiger partial charge < -0.3 is 0 Å². The van der Waals surface area contributed by atoms with E-state index in [4.69, 9.17) is 0 Å². The third kappa shape index (κ3) is 3.06.